The lowest BCUT2D eigenvalue weighted by Gasteiger charge is -2.21. The van der Waals surface area contributed by atoms with Gasteiger partial charge >= 0.3 is 0 Å². The number of ether oxygens (including phenoxy) is 2. The number of hydrogen-bond acceptors (Lipinski definition) is 5. The van der Waals surface area contributed by atoms with Gasteiger partial charge in [0.1, 0.15) is 0 Å². The summed E-state index contributed by atoms with van der Waals surface area (Å²) in [4.78, 5) is 13.5. The summed E-state index contributed by atoms with van der Waals surface area (Å²) in [6.45, 7) is 2.55. The van der Waals surface area contributed by atoms with Crippen LogP contribution < -0.4 is 24.8 Å². The minimum absolute atomic E-state index is 0.0443. The molecule has 0 spiro atoms. The number of anilines is 1. The zero-order valence-corrected chi connectivity index (χ0v) is 17.9. The Morgan fingerprint density at radius 3 is 2.45 bits per heavy atom. The molecular weight excluding hydrogens is 394 g/mol. The van der Waals surface area contributed by atoms with Gasteiger partial charge in [-0.05, 0) is 42.8 Å². The monoisotopic (exact) mass is 422 g/mol. The summed E-state index contributed by atoms with van der Waals surface area (Å²) >= 11 is 0. The highest BCUT2D eigenvalue weighted by Crippen LogP contribution is 2.27. The van der Waals surface area contributed by atoms with Crippen molar-refractivity contribution < 1.29 is 27.6 Å². The van der Waals surface area contributed by atoms with E-state index in [1.165, 1.54) is 18.2 Å². The fourth-order valence-corrected chi connectivity index (χ4v) is 3.38. The molecule has 29 heavy (non-hydrogen) atoms. The number of primary sulfonamides is 1. The average Bonchev–Trinajstić information content (AvgIpc) is 2.70. The van der Waals surface area contributed by atoms with E-state index in [1.807, 2.05) is 32.2 Å². The number of rotatable bonds is 9. The van der Waals surface area contributed by atoms with Gasteiger partial charge in [0, 0.05) is 12.1 Å². The van der Waals surface area contributed by atoms with Crippen molar-refractivity contribution in [3.05, 3.63) is 48.0 Å². The quantitative estimate of drug-likeness (QED) is 0.543. The largest absolute Gasteiger partial charge is 0.493 e. The summed E-state index contributed by atoms with van der Waals surface area (Å²) in [6.07, 6.45) is 0.755. The van der Waals surface area contributed by atoms with Crippen molar-refractivity contribution in [3.63, 3.8) is 0 Å². The minimum atomic E-state index is -3.82. The Labute approximate surface area is 171 Å². The molecule has 0 saturated heterocycles. The van der Waals surface area contributed by atoms with Crippen molar-refractivity contribution in [3.8, 4) is 11.5 Å². The van der Waals surface area contributed by atoms with E-state index in [1.54, 1.807) is 20.3 Å². The second kappa shape index (κ2) is 9.73. The van der Waals surface area contributed by atoms with Crippen LogP contribution in [0.25, 0.3) is 0 Å². The third-order valence-corrected chi connectivity index (χ3v) is 5.73. The number of benzene rings is 2. The van der Waals surface area contributed by atoms with Gasteiger partial charge in [-0.3, -0.25) is 4.79 Å². The summed E-state index contributed by atoms with van der Waals surface area (Å²) in [7, 11) is 1.30. The number of nitrogens with two attached hydrogens (primary N) is 1. The highest BCUT2D eigenvalue weighted by molar-refractivity contribution is 7.89. The maximum atomic E-state index is 12.6. The molecule has 2 aromatic carbocycles. The molecule has 0 heterocycles. The lowest BCUT2D eigenvalue weighted by atomic mass is 10.1. The molecule has 0 aromatic heterocycles. The van der Waals surface area contributed by atoms with E-state index in [-0.39, 0.29) is 16.8 Å². The van der Waals surface area contributed by atoms with E-state index in [4.69, 9.17) is 14.6 Å². The Bertz CT molecular complexity index is 962. The molecule has 8 nitrogen and oxygen atoms in total. The molecule has 1 amide bonds. The van der Waals surface area contributed by atoms with Crippen LogP contribution in [-0.2, 0) is 21.2 Å². The number of nitrogens with one attached hydrogen (secondary N) is 2. The van der Waals surface area contributed by atoms with Gasteiger partial charge in [0.2, 0.25) is 10.0 Å². The van der Waals surface area contributed by atoms with Crippen LogP contribution in [0.2, 0.25) is 0 Å². The van der Waals surface area contributed by atoms with E-state index in [2.05, 4.69) is 5.32 Å². The average molecular weight is 423 g/mol. The van der Waals surface area contributed by atoms with Crippen LogP contribution >= 0.6 is 0 Å². The molecule has 9 heteroatoms. The van der Waals surface area contributed by atoms with E-state index in [0.29, 0.717) is 17.2 Å². The fraction of sp³-hybridized carbons (Fsp3) is 0.350. The van der Waals surface area contributed by atoms with Gasteiger partial charge in [0.25, 0.3) is 5.91 Å². The molecule has 2 aromatic rings. The normalized spacial score (nSPS) is 13.4. The maximum Gasteiger partial charge on any atom is 0.282 e. The van der Waals surface area contributed by atoms with Crippen molar-refractivity contribution in [1.29, 1.82) is 0 Å². The number of methoxy groups -OCH3 is 2. The second-order valence-corrected chi connectivity index (χ2v) is 8.38. The Kier molecular flexibility index (Phi) is 7.60. The van der Waals surface area contributed by atoms with Crippen molar-refractivity contribution in [2.24, 2.45) is 5.14 Å². The van der Waals surface area contributed by atoms with Crippen molar-refractivity contribution >= 4 is 21.6 Å². The second-order valence-electron chi connectivity index (χ2n) is 6.82. The molecule has 0 aliphatic rings. The first-order valence-corrected chi connectivity index (χ1v) is 10.7. The number of carbonyl (C=O) groups excluding carboxylic acids is 1. The lowest BCUT2D eigenvalue weighted by Crippen LogP contribution is -3.14. The maximum absolute atomic E-state index is 12.6. The van der Waals surface area contributed by atoms with Gasteiger partial charge in [-0.1, -0.05) is 12.1 Å². The Morgan fingerprint density at radius 1 is 1.14 bits per heavy atom. The van der Waals surface area contributed by atoms with Crippen molar-refractivity contribution in [2.75, 3.05) is 33.1 Å². The molecule has 2 rings (SSSR count). The highest BCUT2D eigenvalue weighted by Gasteiger charge is 2.22. The van der Waals surface area contributed by atoms with Gasteiger partial charge < -0.3 is 19.7 Å². The number of sulfonamides is 1. The van der Waals surface area contributed by atoms with Gasteiger partial charge in [0.15, 0.2) is 17.5 Å². The molecule has 0 aliphatic heterocycles. The third-order valence-electron chi connectivity index (χ3n) is 4.82. The summed E-state index contributed by atoms with van der Waals surface area (Å²) in [6, 6.07) is 11.3. The number of carbonyl (C=O) groups is 1. The van der Waals surface area contributed by atoms with Crippen LogP contribution in [-0.4, -0.2) is 48.2 Å². The van der Waals surface area contributed by atoms with Crippen molar-refractivity contribution in [1.82, 2.24) is 0 Å². The summed E-state index contributed by atoms with van der Waals surface area (Å²) in [5.74, 6) is 1.14. The smallest absolute Gasteiger partial charge is 0.282 e. The minimum Gasteiger partial charge on any atom is -0.493 e. The van der Waals surface area contributed by atoms with E-state index in [9.17, 15) is 13.2 Å². The summed E-state index contributed by atoms with van der Waals surface area (Å²) in [5.41, 5.74) is 1.47. The number of likely N-dealkylation sites (N-methyl/N-ethyl adjacent to an activating group) is 1. The molecule has 0 bridgehead atoms. The highest BCUT2D eigenvalue weighted by atomic mass is 32.2. The molecule has 0 aliphatic carbocycles. The topological polar surface area (TPSA) is 112 Å². The molecule has 1 unspecified atom stereocenters. The predicted octanol–water partition coefficient (Wildman–Crippen LogP) is 0.436. The zero-order valence-electron chi connectivity index (χ0n) is 17.1. The first-order chi connectivity index (χ1) is 13.7. The number of hydrogen-bond donors (Lipinski definition) is 3. The first-order valence-electron chi connectivity index (χ1n) is 9.12. The van der Waals surface area contributed by atoms with Crippen LogP contribution in [0.3, 0.4) is 0 Å². The SMILES string of the molecule is COc1ccc(CC[NH+](C)[C@@H](C)C(=O)Nc2cccc(S(N)(=O)=O)c2)cc1OC. The number of quaternary nitrogens is 1. The van der Waals surface area contributed by atoms with E-state index >= 15 is 0 Å². The van der Waals surface area contributed by atoms with Crippen LogP contribution in [0.15, 0.2) is 47.4 Å². The van der Waals surface area contributed by atoms with Crippen LogP contribution in [0.1, 0.15) is 12.5 Å². The molecule has 2 atom stereocenters. The Balaban J connectivity index is 1.97. The van der Waals surface area contributed by atoms with Gasteiger partial charge in [-0.15, -0.1) is 0 Å². The Morgan fingerprint density at radius 2 is 1.83 bits per heavy atom. The summed E-state index contributed by atoms with van der Waals surface area (Å²) < 4.78 is 33.5. The fourth-order valence-electron chi connectivity index (χ4n) is 2.82. The van der Waals surface area contributed by atoms with Crippen LogP contribution in [0, 0.1) is 0 Å². The molecular formula is C20H28N3O5S+. The standard InChI is InChI=1S/C20H27N3O5S/c1-14(20(24)22-16-6-5-7-17(13-16)29(21,25)26)23(2)11-10-15-8-9-18(27-3)19(12-15)28-4/h5-9,12-14H,10-11H2,1-4H3,(H,22,24)(H2,21,25,26)/p+1/t14-/m0/s1. The van der Waals surface area contributed by atoms with Gasteiger partial charge in [-0.2, -0.15) is 0 Å². The Hall–Kier alpha value is -2.62. The molecule has 0 fully saturated rings. The van der Waals surface area contributed by atoms with E-state index < -0.39 is 10.0 Å². The van der Waals surface area contributed by atoms with Crippen LogP contribution in [0.4, 0.5) is 5.69 Å². The predicted molar refractivity (Wildman–Crippen MR) is 111 cm³/mol. The molecule has 4 N–H and O–H groups in total. The van der Waals surface area contributed by atoms with Crippen molar-refractivity contribution in [2.45, 2.75) is 24.3 Å². The van der Waals surface area contributed by atoms with Gasteiger partial charge in [0.05, 0.1) is 32.7 Å². The summed E-state index contributed by atoms with van der Waals surface area (Å²) in [5, 5.41) is 7.89. The lowest BCUT2D eigenvalue weighted by molar-refractivity contribution is -0.893. The molecule has 0 saturated carbocycles. The third kappa shape index (κ3) is 6.18. The molecule has 0 radical (unpaired) electrons. The number of amides is 1. The van der Waals surface area contributed by atoms with Crippen LogP contribution in [0.5, 0.6) is 11.5 Å². The van der Waals surface area contributed by atoms with Gasteiger partial charge in [-0.25, -0.2) is 13.6 Å². The molecule has 158 valence electrons. The zero-order chi connectivity index (χ0) is 21.6. The van der Waals surface area contributed by atoms with E-state index in [0.717, 1.165) is 23.4 Å². The first kappa shape index (κ1) is 22.7.